The van der Waals surface area contributed by atoms with Crippen molar-refractivity contribution in [2.45, 2.75) is 40.0 Å². The van der Waals surface area contributed by atoms with Gasteiger partial charge in [-0.3, -0.25) is 0 Å². The molecule has 1 N–H and O–H groups in total. The molecule has 0 aliphatic heterocycles. The maximum atomic E-state index is 12.3. The largest absolute Gasteiger partial charge is 0.491 e. The van der Waals surface area contributed by atoms with Crippen molar-refractivity contribution in [3.05, 3.63) is 52.2 Å². The van der Waals surface area contributed by atoms with Crippen LogP contribution in [0.3, 0.4) is 0 Å². The third-order valence-corrected chi connectivity index (χ3v) is 4.20. The predicted molar refractivity (Wildman–Crippen MR) is 94.8 cm³/mol. The summed E-state index contributed by atoms with van der Waals surface area (Å²) in [6, 6.07) is 11.8. The number of amides is 2. The van der Waals surface area contributed by atoms with Crippen LogP contribution in [0.2, 0.25) is 0 Å². The number of nitrogens with zero attached hydrogens (tertiary/aromatic N) is 1. The number of benzene rings is 1. The van der Waals surface area contributed by atoms with Gasteiger partial charge in [-0.15, -0.1) is 11.3 Å². The molecule has 0 fully saturated rings. The number of urea groups is 1. The van der Waals surface area contributed by atoms with Gasteiger partial charge in [0.05, 0.1) is 12.6 Å². The number of hydrogen-bond donors (Lipinski definition) is 1. The molecule has 1 heterocycles. The quantitative estimate of drug-likeness (QED) is 0.823. The van der Waals surface area contributed by atoms with E-state index >= 15 is 0 Å². The van der Waals surface area contributed by atoms with Gasteiger partial charge >= 0.3 is 6.03 Å². The summed E-state index contributed by atoms with van der Waals surface area (Å²) in [5.74, 6) is 0.850. The third-order valence-electron chi connectivity index (χ3n) is 3.33. The van der Waals surface area contributed by atoms with Gasteiger partial charge in [0.15, 0.2) is 0 Å². The van der Waals surface area contributed by atoms with Crippen LogP contribution in [0, 0.1) is 0 Å². The standard InChI is InChI=1S/C18H24N2O2S/c1-4-20(13-17-6-5-11-23-17)18(21)19-12-15-7-9-16(10-8-15)22-14(2)3/h5-11,14H,4,12-13H2,1-3H3,(H,19,21). The van der Waals surface area contributed by atoms with Crippen LogP contribution in [-0.2, 0) is 13.1 Å². The molecule has 0 saturated carbocycles. The van der Waals surface area contributed by atoms with Gasteiger partial charge in [-0.1, -0.05) is 18.2 Å². The zero-order valence-electron chi connectivity index (χ0n) is 13.9. The van der Waals surface area contributed by atoms with Crippen LogP contribution >= 0.6 is 11.3 Å². The molecule has 0 bridgehead atoms. The minimum atomic E-state index is -0.0385. The lowest BCUT2D eigenvalue weighted by molar-refractivity contribution is 0.198. The minimum absolute atomic E-state index is 0.0385. The Bertz CT molecular complexity index is 594. The Morgan fingerprint density at radius 1 is 1.26 bits per heavy atom. The van der Waals surface area contributed by atoms with Crippen LogP contribution in [0.15, 0.2) is 41.8 Å². The van der Waals surface area contributed by atoms with E-state index in [1.165, 1.54) is 4.88 Å². The highest BCUT2D eigenvalue weighted by Crippen LogP contribution is 2.14. The van der Waals surface area contributed by atoms with Crippen LogP contribution in [0.1, 0.15) is 31.2 Å². The van der Waals surface area contributed by atoms with Gasteiger partial charge in [0.25, 0.3) is 0 Å². The average Bonchev–Trinajstić information content (AvgIpc) is 3.04. The fourth-order valence-electron chi connectivity index (χ4n) is 2.17. The van der Waals surface area contributed by atoms with Crippen LogP contribution in [-0.4, -0.2) is 23.6 Å². The SMILES string of the molecule is CCN(Cc1cccs1)C(=O)NCc1ccc(OC(C)C)cc1. The Kier molecular flexibility index (Phi) is 6.47. The molecule has 2 aromatic rings. The van der Waals surface area contributed by atoms with Gasteiger partial charge in [-0.05, 0) is 49.9 Å². The highest BCUT2D eigenvalue weighted by Gasteiger charge is 2.12. The highest BCUT2D eigenvalue weighted by molar-refractivity contribution is 7.09. The molecule has 0 unspecified atom stereocenters. The zero-order chi connectivity index (χ0) is 16.7. The third kappa shape index (κ3) is 5.60. The van der Waals surface area contributed by atoms with E-state index in [2.05, 4.69) is 5.32 Å². The maximum absolute atomic E-state index is 12.3. The van der Waals surface area contributed by atoms with Gasteiger partial charge < -0.3 is 15.0 Å². The number of carbonyl (C=O) groups is 1. The molecule has 2 rings (SSSR count). The average molecular weight is 332 g/mol. The van der Waals surface area contributed by atoms with E-state index in [0.717, 1.165) is 11.3 Å². The Morgan fingerprint density at radius 3 is 2.57 bits per heavy atom. The van der Waals surface area contributed by atoms with Crippen LogP contribution in [0.5, 0.6) is 5.75 Å². The van der Waals surface area contributed by atoms with Gasteiger partial charge in [0, 0.05) is 18.0 Å². The summed E-state index contributed by atoms with van der Waals surface area (Å²) in [5.41, 5.74) is 1.06. The van der Waals surface area contributed by atoms with Crippen LogP contribution < -0.4 is 10.1 Å². The number of nitrogens with one attached hydrogen (secondary N) is 1. The van der Waals surface area contributed by atoms with E-state index in [4.69, 9.17) is 4.74 Å². The first-order valence-corrected chi connectivity index (χ1v) is 8.77. The second-order valence-electron chi connectivity index (χ2n) is 5.56. The van der Waals surface area contributed by atoms with Crippen molar-refractivity contribution in [2.24, 2.45) is 0 Å². The molecule has 124 valence electrons. The van der Waals surface area contributed by atoms with Gasteiger partial charge in [0.2, 0.25) is 0 Å². The monoisotopic (exact) mass is 332 g/mol. The lowest BCUT2D eigenvalue weighted by atomic mass is 10.2. The minimum Gasteiger partial charge on any atom is -0.491 e. The molecule has 0 aliphatic rings. The summed E-state index contributed by atoms with van der Waals surface area (Å²) in [7, 11) is 0. The lowest BCUT2D eigenvalue weighted by Gasteiger charge is -2.20. The smallest absolute Gasteiger partial charge is 0.317 e. The van der Waals surface area contributed by atoms with Gasteiger partial charge in [-0.2, -0.15) is 0 Å². The fourth-order valence-corrected chi connectivity index (χ4v) is 2.88. The molecule has 2 amide bonds. The fraction of sp³-hybridized carbons (Fsp3) is 0.389. The first-order valence-electron chi connectivity index (χ1n) is 7.89. The van der Waals surface area contributed by atoms with Crippen molar-refractivity contribution < 1.29 is 9.53 Å². The second-order valence-corrected chi connectivity index (χ2v) is 6.60. The maximum Gasteiger partial charge on any atom is 0.317 e. The van der Waals surface area contributed by atoms with Crippen molar-refractivity contribution in [3.63, 3.8) is 0 Å². The first kappa shape index (κ1) is 17.3. The molecule has 0 atom stereocenters. The Hall–Kier alpha value is -2.01. The Balaban J connectivity index is 1.85. The van der Waals surface area contributed by atoms with Crippen molar-refractivity contribution >= 4 is 17.4 Å². The number of ether oxygens (including phenoxy) is 1. The summed E-state index contributed by atoms with van der Waals surface area (Å²) in [5, 5.41) is 5.00. The molecule has 1 aromatic heterocycles. The van der Waals surface area contributed by atoms with E-state index in [1.807, 2.05) is 67.4 Å². The molecule has 0 radical (unpaired) electrons. The van der Waals surface area contributed by atoms with Gasteiger partial charge in [0.1, 0.15) is 5.75 Å². The van der Waals surface area contributed by atoms with Gasteiger partial charge in [-0.25, -0.2) is 4.79 Å². The molecule has 0 spiro atoms. The second kappa shape index (κ2) is 8.58. The van der Waals surface area contributed by atoms with Crippen molar-refractivity contribution in [1.82, 2.24) is 10.2 Å². The number of thiophene rings is 1. The van der Waals surface area contributed by atoms with E-state index < -0.39 is 0 Å². The summed E-state index contributed by atoms with van der Waals surface area (Å²) < 4.78 is 5.61. The summed E-state index contributed by atoms with van der Waals surface area (Å²) in [6.07, 6.45) is 0.163. The van der Waals surface area contributed by atoms with Crippen LogP contribution in [0.4, 0.5) is 4.79 Å². The molecule has 0 saturated heterocycles. The summed E-state index contributed by atoms with van der Waals surface area (Å²) in [4.78, 5) is 15.3. The molecular formula is C18H24N2O2S. The van der Waals surface area contributed by atoms with E-state index in [0.29, 0.717) is 19.6 Å². The Labute approximate surface area is 142 Å². The van der Waals surface area contributed by atoms with E-state index in [-0.39, 0.29) is 12.1 Å². The number of carbonyl (C=O) groups excluding carboxylic acids is 1. The molecule has 23 heavy (non-hydrogen) atoms. The summed E-state index contributed by atoms with van der Waals surface area (Å²) >= 11 is 1.67. The Morgan fingerprint density at radius 2 is 2.00 bits per heavy atom. The molecule has 5 heteroatoms. The van der Waals surface area contributed by atoms with E-state index in [1.54, 1.807) is 11.3 Å². The normalized spacial score (nSPS) is 10.6. The topological polar surface area (TPSA) is 41.6 Å². The number of rotatable bonds is 7. The van der Waals surface area contributed by atoms with Crippen molar-refractivity contribution in [1.29, 1.82) is 0 Å². The molecule has 0 aliphatic carbocycles. The molecular weight excluding hydrogens is 308 g/mol. The molecule has 1 aromatic carbocycles. The molecule has 4 nitrogen and oxygen atoms in total. The highest BCUT2D eigenvalue weighted by atomic mass is 32.1. The van der Waals surface area contributed by atoms with Crippen molar-refractivity contribution in [3.8, 4) is 5.75 Å². The lowest BCUT2D eigenvalue weighted by Crippen LogP contribution is -2.38. The van der Waals surface area contributed by atoms with Crippen molar-refractivity contribution in [2.75, 3.05) is 6.54 Å². The number of hydrogen-bond acceptors (Lipinski definition) is 3. The van der Waals surface area contributed by atoms with Crippen LogP contribution in [0.25, 0.3) is 0 Å². The van der Waals surface area contributed by atoms with E-state index in [9.17, 15) is 4.79 Å². The summed E-state index contributed by atoms with van der Waals surface area (Å²) in [6.45, 7) is 7.85. The predicted octanol–water partition coefficient (Wildman–Crippen LogP) is 4.27. The first-order chi connectivity index (χ1) is 11.1. The zero-order valence-corrected chi connectivity index (χ0v) is 14.7.